The van der Waals surface area contributed by atoms with Crippen molar-refractivity contribution >= 4 is 23.5 Å². The summed E-state index contributed by atoms with van der Waals surface area (Å²) >= 11 is 0. The highest BCUT2D eigenvalue weighted by molar-refractivity contribution is 6.03. The zero-order chi connectivity index (χ0) is 20.6. The van der Waals surface area contributed by atoms with Gasteiger partial charge in [-0.15, -0.1) is 0 Å². The molecule has 9 nitrogen and oxygen atoms in total. The van der Waals surface area contributed by atoms with Crippen LogP contribution < -0.4 is 10.6 Å². The number of anilines is 2. The summed E-state index contributed by atoms with van der Waals surface area (Å²) in [6, 6.07) is 8.94. The molecule has 0 radical (unpaired) electrons. The van der Waals surface area contributed by atoms with E-state index in [0.717, 1.165) is 12.8 Å². The lowest BCUT2D eigenvalue weighted by Gasteiger charge is -2.31. The van der Waals surface area contributed by atoms with Crippen molar-refractivity contribution in [3.05, 3.63) is 47.9 Å². The maximum atomic E-state index is 12.3. The molecule has 1 saturated heterocycles. The average molecular weight is 394 g/mol. The number of rotatable bonds is 5. The van der Waals surface area contributed by atoms with Gasteiger partial charge >= 0.3 is 6.09 Å². The molecule has 0 unspecified atom stereocenters. The third-order valence-electron chi connectivity index (χ3n) is 4.55. The number of para-hydroxylation sites is 1. The number of aromatic nitrogens is 2. The van der Waals surface area contributed by atoms with Crippen molar-refractivity contribution in [2.75, 3.05) is 30.3 Å². The minimum atomic E-state index is -0.436. The normalized spacial score (nSPS) is 14.0. The van der Waals surface area contributed by atoms with Crippen LogP contribution in [-0.2, 0) is 4.74 Å². The minimum absolute atomic E-state index is 0.153. The Labute approximate surface area is 168 Å². The standard InChI is InChI=1S/C20H22N6O3/c1-2-29-20(28)26-9-7-15(8-10-26)24-18-13-22-17(12-23-18)19(27)25-16-6-4-3-5-14(16)11-21/h3-6,12-13,15H,2,7-10H2,1H3,(H,23,24)(H,25,27). The van der Waals surface area contributed by atoms with Crippen LogP contribution in [0.1, 0.15) is 35.8 Å². The number of nitrogens with one attached hydrogen (secondary N) is 2. The average Bonchev–Trinajstić information content (AvgIpc) is 2.75. The monoisotopic (exact) mass is 394 g/mol. The van der Waals surface area contributed by atoms with Gasteiger partial charge in [0, 0.05) is 19.1 Å². The second kappa shape index (κ2) is 9.50. The summed E-state index contributed by atoms with van der Waals surface area (Å²) in [4.78, 5) is 34.2. The number of hydrogen-bond acceptors (Lipinski definition) is 7. The zero-order valence-electron chi connectivity index (χ0n) is 16.1. The number of carbonyl (C=O) groups is 2. The van der Waals surface area contributed by atoms with Crippen molar-refractivity contribution in [2.45, 2.75) is 25.8 Å². The van der Waals surface area contributed by atoms with Gasteiger partial charge < -0.3 is 20.3 Å². The van der Waals surface area contributed by atoms with E-state index in [9.17, 15) is 9.59 Å². The Morgan fingerprint density at radius 3 is 2.66 bits per heavy atom. The van der Waals surface area contributed by atoms with Crippen LogP contribution >= 0.6 is 0 Å². The number of piperidine rings is 1. The first kappa shape index (κ1) is 20.1. The Hall–Kier alpha value is -3.67. The summed E-state index contributed by atoms with van der Waals surface area (Å²) in [5.41, 5.74) is 0.957. The van der Waals surface area contributed by atoms with Gasteiger partial charge in [0.25, 0.3) is 5.91 Å². The molecule has 3 rings (SSSR count). The van der Waals surface area contributed by atoms with Crippen LogP contribution in [0.5, 0.6) is 0 Å². The molecule has 0 atom stereocenters. The molecule has 1 aliphatic rings. The summed E-state index contributed by atoms with van der Waals surface area (Å²) in [6.45, 7) is 3.39. The minimum Gasteiger partial charge on any atom is -0.450 e. The fourth-order valence-electron chi connectivity index (χ4n) is 3.03. The highest BCUT2D eigenvalue weighted by Crippen LogP contribution is 2.17. The Balaban J connectivity index is 1.53. The van der Waals surface area contributed by atoms with Gasteiger partial charge in [0.05, 0.1) is 30.3 Å². The van der Waals surface area contributed by atoms with Crippen molar-refractivity contribution in [1.82, 2.24) is 14.9 Å². The zero-order valence-corrected chi connectivity index (χ0v) is 16.1. The van der Waals surface area contributed by atoms with Crippen molar-refractivity contribution < 1.29 is 14.3 Å². The van der Waals surface area contributed by atoms with Gasteiger partial charge in [-0.3, -0.25) is 4.79 Å². The van der Waals surface area contributed by atoms with Gasteiger partial charge in [-0.2, -0.15) is 5.26 Å². The predicted octanol–water partition coefficient (Wildman–Crippen LogP) is 2.63. The van der Waals surface area contributed by atoms with Crippen LogP contribution in [0.3, 0.4) is 0 Å². The van der Waals surface area contributed by atoms with Gasteiger partial charge in [-0.05, 0) is 31.9 Å². The van der Waals surface area contributed by atoms with E-state index in [1.807, 2.05) is 6.07 Å². The molecule has 1 aromatic carbocycles. The van der Waals surface area contributed by atoms with E-state index in [-0.39, 0.29) is 17.8 Å². The number of likely N-dealkylation sites (tertiary alicyclic amines) is 1. The molecular weight excluding hydrogens is 372 g/mol. The van der Waals surface area contributed by atoms with E-state index in [4.69, 9.17) is 10.00 Å². The molecule has 1 aliphatic heterocycles. The lowest BCUT2D eigenvalue weighted by Crippen LogP contribution is -2.42. The Morgan fingerprint density at radius 1 is 1.24 bits per heavy atom. The van der Waals surface area contributed by atoms with E-state index in [0.29, 0.717) is 36.8 Å². The molecule has 2 amide bonds. The summed E-state index contributed by atoms with van der Waals surface area (Å²) in [6.07, 6.45) is 4.16. The lowest BCUT2D eigenvalue weighted by atomic mass is 10.1. The van der Waals surface area contributed by atoms with Crippen molar-refractivity contribution in [1.29, 1.82) is 5.26 Å². The molecule has 0 spiro atoms. The number of ether oxygens (including phenoxy) is 1. The van der Waals surface area contributed by atoms with E-state index in [1.54, 1.807) is 36.1 Å². The highest BCUT2D eigenvalue weighted by atomic mass is 16.6. The van der Waals surface area contributed by atoms with Crippen molar-refractivity contribution in [2.24, 2.45) is 0 Å². The van der Waals surface area contributed by atoms with Crippen LogP contribution in [0.4, 0.5) is 16.3 Å². The molecular formula is C20H22N6O3. The molecule has 150 valence electrons. The van der Waals surface area contributed by atoms with E-state index < -0.39 is 5.91 Å². The smallest absolute Gasteiger partial charge is 0.409 e. The number of amides is 2. The van der Waals surface area contributed by atoms with Gasteiger partial charge in [0.2, 0.25) is 0 Å². The number of nitrogens with zero attached hydrogens (tertiary/aromatic N) is 4. The third kappa shape index (κ3) is 5.19. The van der Waals surface area contributed by atoms with Gasteiger partial charge in [-0.1, -0.05) is 12.1 Å². The Kier molecular flexibility index (Phi) is 6.58. The van der Waals surface area contributed by atoms with Crippen LogP contribution in [0, 0.1) is 11.3 Å². The predicted molar refractivity (Wildman–Crippen MR) is 106 cm³/mol. The Morgan fingerprint density at radius 2 is 2.00 bits per heavy atom. The fraction of sp³-hybridized carbons (Fsp3) is 0.350. The molecule has 0 aliphatic carbocycles. The van der Waals surface area contributed by atoms with Crippen molar-refractivity contribution in [3.63, 3.8) is 0 Å². The van der Waals surface area contributed by atoms with E-state index >= 15 is 0 Å². The number of nitriles is 1. The largest absolute Gasteiger partial charge is 0.450 e. The Bertz CT molecular complexity index is 901. The molecule has 0 bridgehead atoms. The lowest BCUT2D eigenvalue weighted by molar-refractivity contribution is 0.0982. The number of hydrogen-bond donors (Lipinski definition) is 2. The summed E-state index contributed by atoms with van der Waals surface area (Å²) < 4.78 is 5.02. The number of benzene rings is 1. The number of carbonyl (C=O) groups excluding carboxylic acids is 2. The molecule has 1 aromatic heterocycles. The maximum Gasteiger partial charge on any atom is 0.409 e. The first-order valence-electron chi connectivity index (χ1n) is 9.41. The highest BCUT2D eigenvalue weighted by Gasteiger charge is 2.23. The van der Waals surface area contributed by atoms with E-state index in [2.05, 4.69) is 20.6 Å². The molecule has 1 fully saturated rings. The topological polar surface area (TPSA) is 120 Å². The first-order chi connectivity index (χ1) is 14.1. The molecule has 29 heavy (non-hydrogen) atoms. The second-order valence-corrected chi connectivity index (χ2v) is 6.50. The van der Waals surface area contributed by atoms with Gasteiger partial charge in [0.1, 0.15) is 17.6 Å². The van der Waals surface area contributed by atoms with Crippen LogP contribution in [0.25, 0.3) is 0 Å². The summed E-state index contributed by atoms with van der Waals surface area (Å²) in [5.74, 6) is 0.128. The quantitative estimate of drug-likeness (QED) is 0.800. The third-order valence-corrected chi connectivity index (χ3v) is 4.55. The summed E-state index contributed by atoms with van der Waals surface area (Å²) in [5, 5.41) is 15.1. The molecule has 2 heterocycles. The molecule has 0 saturated carbocycles. The van der Waals surface area contributed by atoms with E-state index in [1.165, 1.54) is 12.4 Å². The fourth-order valence-corrected chi connectivity index (χ4v) is 3.03. The van der Waals surface area contributed by atoms with Crippen LogP contribution in [-0.4, -0.2) is 52.6 Å². The van der Waals surface area contributed by atoms with Gasteiger partial charge in [-0.25, -0.2) is 14.8 Å². The second-order valence-electron chi connectivity index (χ2n) is 6.50. The van der Waals surface area contributed by atoms with Gasteiger partial charge in [0.15, 0.2) is 0 Å². The SMILES string of the molecule is CCOC(=O)N1CCC(Nc2cnc(C(=O)Nc3ccccc3C#N)cn2)CC1. The molecule has 9 heteroatoms. The summed E-state index contributed by atoms with van der Waals surface area (Å²) in [7, 11) is 0. The maximum absolute atomic E-state index is 12.3. The van der Waals surface area contributed by atoms with Crippen LogP contribution in [0.15, 0.2) is 36.7 Å². The van der Waals surface area contributed by atoms with Crippen molar-refractivity contribution in [3.8, 4) is 6.07 Å². The molecule has 2 N–H and O–H groups in total. The van der Waals surface area contributed by atoms with Crippen LogP contribution in [0.2, 0.25) is 0 Å². The first-order valence-corrected chi connectivity index (χ1v) is 9.41. The molecule has 2 aromatic rings.